The molecule has 3 nitrogen and oxygen atoms in total. The highest BCUT2D eigenvalue weighted by Gasteiger charge is 2.30. The molecule has 0 heterocycles. The van der Waals surface area contributed by atoms with Crippen molar-refractivity contribution >= 4 is 5.97 Å². The summed E-state index contributed by atoms with van der Waals surface area (Å²) in [5.74, 6) is -0.267. The molecule has 0 bridgehead atoms. The standard InChI is InChI=1S/C14H18O3/c1-14(16)9-7-12(8-10-14)17-13(15)11-5-3-2-4-6-11/h2-6,12,16H,7-10H2,1H3/t12-,14+. The van der Waals surface area contributed by atoms with Crippen molar-refractivity contribution in [2.24, 2.45) is 0 Å². The lowest BCUT2D eigenvalue weighted by molar-refractivity contribution is -0.0321. The Labute approximate surface area is 101 Å². The molecule has 0 amide bonds. The molecule has 1 aromatic rings. The molecule has 92 valence electrons. The summed E-state index contributed by atoms with van der Waals surface area (Å²) in [7, 11) is 0. The van der Waals surface area contributed by atoms with Gasteiger partial charge in [-0.15, -0.1) is 0 Å². The summed E-state index contributed by atoms with van der Waals surface area (Å²) in [4.78, 5) is 11.8. The third-order valence-corrected chi connectivity index (χ3v) is 3.29. The number of rotatable bonds is 2. The Morgan fingerprint density at radius 2 is 1.88 bits per heavy atom. The molecule has 0 unspecified atom stereocenters. The maximum absolute atomic E-state index is 11.8. The zero-order valence-corrected chi connectivity index (χ0v) is 10.1. The predicted octanol–water partition coefficient (Wildman–Crippen LogP) is 2.54. The van der Waals surface area contributed by atoms with E-state index in [1.54, 1.807) is 12.1 Å². The van der Waals surface area contributed by atoms with Gasteiger partial charge >= 0.3 is 5.97 Å². The number of hydrogen-bond donors (Lipinski definition) is 1. The van der Waals surface area contributed by atoms with Crippen molar-refractivity contribution in [1.82, 2.24) is 0 Å². The fourth-order valence-electron chi connectivity index (χ4n) is 2.12. The maximum Gasteiger partial charge on any atom is 0.338 e. The van der Waals surface area contributed by atoms with Gasteiger partial charge in [-0.3, -0.25) is 0 Å². The van der Waals surface area contributed by atoms with Gasteiger partial charge in [-0.1, -0.05) is 18.2 Å². The summed E-state index contributed by atoms with van der Waals surface area (Å²) in [5, 5.41) is 9.80. The van der Waals surface area contributed by atoms with Crippen LogP contribution in [0.4, 0.5) is 0 Å². The van der Waals surface area contributed by atoms with Gasteiger partial charge in [0.2, 0.25) is 0 Å². The molecule has 0 atom stereocenters. The first kappa shape index (κ1) is 12.1. The van der Waals surface area contributed by atoms with E-state index in [0.29, 0.717) is 18.4 Å². The second kappa shape index (κ2) is 4.88. The third kappa shape index (κ3) is 3.30. The quantitative estimate of drug-likeness (QED) is 0.800. The Morgan fingerprint density at radius 3 is 2.47 bits per heavy atom. The van der Waals surface area contributed by atoms with Crippen molar-refractivity contribution in [3.63, 3.8) is 0 Å². The van der Waals surface area contributed by atoms with Gasteiger partial charge in [0.25, 0.3) is 0 Å². The van der Waals surface area contributed by atoms with E-state index in [0.717, 1.165) is 12.8 Å². The van der Waals surface area contributed by atoms with Crippen LogP contribution in [0, 0.1) is 0 Å². The molecule has 1 fully saturated rings. The van der Waals surface area contributed by atoms with Crippen LogP contribution in [0.25, 0.3) is 0 Å². The summed E-state index contributed by atoms with van der Waals surface area (Å²) in [5.41, 5.74) is 0.000165. The lowest BCUT2D eigenvalue weighted by atomic mass is 9.85. The van der Waals surface area contributed by atoms with Crippen molar-refractivity contribution in [2.45, 2.75) is 44.3 Å². The smallest absolute Gasteiger partial charge is 0.338 e. The summed E-state index contributed by atoms with van der Waals surface area (Å²) in [6.07, 6.45) is 2.82. The minimum absolute atomic E-state index is 0.0528. The molecule has 2 rings (SSSR count). The molecule has 1 aromatic carbocycles. The highest BCUT2D eigenvalue weighted by molar-refractivity contribution is 5.89. The van der Waals surface area contributed by atoms with Crippen LogP contribution in [0.15, 0.2) is 30.3 Å². The van der Waals surface area contributed by atoms with Crippen LogP contribution < -0.4 is 0 Å². The topological polar surface area (TPSA) is 46.5 Å². The fourth-order valence-corrected chi connectivity index (χ4v) is 2.12. The minimum atomic E-state index is -0.588. The monoisotopic (exact) mass is 234 g/mol. The van der Waals surface area contributed by atoms with E-state index in [9.17, 15) is 9.90 Å². The average molecular weight is 234 g/mol. The molecule has 1 saturated carbocycles. The fraction of sp³-hybridized carbons (Fsp3) is 0.500. The maximum atomic E-state index is 11.8. The van der Waals surface area contributed by atoms with Gasteiger partial charge in [0, 0.05) is 0 Å². The third-order valence-electron chi connectivity index (χ3n) is 3.29. The van der Waals surface area contributed by atoms with Crippen molar-refractivity contribution in [3.8, 4) is 0 Å². The van der Waals surface area contributed by atoms with Crippen LogP contribution in [-0.4, -0.2) is 22.8 Å². The van der Waals surface area contributed by atoms with Gasteiger partial charge in [-0.05, 0) is 44.7 Å². The highest BCUT2D eigenvalue weighted by atomic mass is 16.5. The molecule has 3 heteroatoms. The van der Waals surface area contributed by atoms with E-state index in [1.807, 2.05) is 25.1 Å². The van der Waals surface area contributed by atoms with Crippen molar-refractivity contribution in [2.75, 3.05) is 0 Å². The van der Waals surface area contributed by atoms with Gasteiger partial charge in [0.05, 0.1) is 11.2 Å². The van der Waals surface area contributed by atoms with Crippen LogP contribution in [0.3, 0.4) is 0 Å². The zero-order chi connectivity index (χ0) is 12.3. The van der Waals surface area contributed by atoms with Crippen LogP contribution in [0.1, 0.15) is 43.0 Å². The molecule has 1 aliphatic rings. The van der Waals surface area contributed by atoms with Gasteiger partial charge < -0.3 is 9.84 Å². The minimum Gasteiger partial charge on any atom is -0.459 e. The average Bonchev–Trinajstić information content (AvgIpc) is 2.33. The molecule has 1 aliphatic carbocycles. The first-order chi connectivity index (χ1) is 8.07. The molecular formula is C14H18O3. The van der Waals surface area contributed by atoms with Crippen LogP contribution in [0.2, 0.25) is 0 Å². The number of benzene rings is 1. The van der Waals surface area contributed by atoms with Gasteiger partial charge in [-0.25, -0.2) is 4.79 Å². The van der Waals surface area contributed by atoms with Crippen molar-refractivity contribution < 1.29 is 14.6 Å². The molecule has 17 heavy (non-hydrogen) atoms. The van der Waals surface area contributed by atoms with E-state index in [4.69, 9.17) is 4.74 Å². The number of carbonyl (C=O) groups excluding carboxylic acids is 1. The number of aliphatic hydroxyl groups is 1. The van der Waals surface area contributed by atoms with Gasteiger partial charge in [0.15, 0.2) is 0 Å². The van der Waals surface area contributed by atoms with E-state index < -0.39 is 5.60 Å². The van der Waals surface area contributed by atoms with E-state index in [-0.39, 0.29) is 12.1 Å². The first-order valence-corrected chi connectivity index (χ1v) is 6.05. The van der Waals surface area contributed by atoms with Gasteiger partial charge in [0.1, 0.15) is 6.10 Å². The molecule has 1 N–H and O–H groups in total. The summed E-state index contributed by atoms with van der Waals surface area (Å²) >= 11 is 0. The second-order valence-electron chi connectivity index (χ2n) is 4.97. The Balaban J connectivity index is 1.89. The summed E-state index contributed by atoms with van der Waals surface area (Å²) < 4.78 is 5.42. The lowest BCUT2D eigenvalue weighted by Gasteiger charge is -2.32. The first-order valence-electron chi connectivity index (χ1n) is 6.05. The lowest BCUT2D eigenvalue weighted by Crippen LogP contribution is -2.34. The Bertz CT molecular complexity index is 374. The number of esters is 1. The molecule has 0 radical (unpaired) electrons. The summed E-state index contributed by atoms with van der Waals surface area (Å²) in [6, 6.07) is 9.02. The van der Waals surface area contributed by atoms with Crippen molar-refractivity contribution in [3.05, 3.63) is 35.9 Å². The Kier molecular flexibility index (Phi) is 3.48. The zero-order valence-electron chi connectivity index (χ0n) is 10.1. The Morgan fingerprint density at radius 1 is 1.29 bits per heavy atom. The Hall–Kier alpha value is -1.35. The molecular weight excluding hydrogens is 216 g/mol. The van der Waals surface area contributed by atoms with Crippen LogP contribution in [0.5, 0.6) is 0 Å². The normalized spacial score (nSPS) is 28.7. The van der Waals surface area contributed by atoms with Crippen molar-refractivity contribution in [1.29, 1.82) is 0 Å². The number of carbonyl (C=O) groups is 1. The summed E-state index contributed by atoms with van der Waals surface area (Å²) in [6.45, 7) is 1.84. The van der Waals surface area contributed by atoms with E-state index in [1.165, 1.54) is 0 Å². The molecule has 0 saturated heterocycles. The molecule has 0 spiro atoms. The van der Waals surface area contributed by atoms with Crippen LogP contribution in [-0.2, 0) is 4.74 Å². The largest absolute Gasteiger partial charge is 0.459 e. The van der Waals surface area contributed by atoms with E-state index >= 15 is 0 Å². The molecule has 0 aliphatic heterocycles. The highest BCUT2D eigenvalue weighted by Crippen LogP contribution is 2.29. The number of ether oxygens (including phenoxy) is 1. The second-order valence-corrected chi connectivity index (χ2v) is 4.97. The molecule has 0 aromatic heterocycles. The number of hydrogen-bond acceptors (Lipinski definition) is 3. The SMILES string of the molecule is C[C@]1(O)CC[C@@H](OC(=O)c2ccccc2)CC1. The van der Waals surface area contributed by atoms with Gasteiger partial charge in [-0.2, -0.15) is 0 Å². The van der Waals surface area contributed by atoms with Crippen LogP contribution >= 0.6 is 0 Å². The predicted molar refractivity (Wildman–Crippen MR) is 64.7 cm³/mol. The van der Waals surface area contributed by atoms with E-state index in [2.05, 4.69) is 0 Å².